The lowest BCUT2D eigenvalue weighted by Gasteiger charge is -2.20. The van der Waals surface area contributed by atoms with Crippen molar-refractivity contribution in [3.63, 3.8) is 0 Å². The van der Waals surface area contributed by atoms with Crippen molar-refractivity contribution in [2.45, 2.75) is 46.1 Å². The molecule has 0 aliphatic heterocycles. The highest BCUT2D eigenvalue weighted by molar-refractivity contribution is 5.57. The number of hydrogen-bond acceptors (Lipinski definition) is 6. The minimum absolute atomic E-state index is 0.226. The molecule has 0 spiro atoms. The van der Waals surface area contributed by atoms with Crippen molar-refractivity contribution < 1.29 is 4.74 Å². The number of aromatic nitrogens is 2. The molecule has 0 bridgehead atoms. The zero-order valence-electron chi connectivity index (χ0n) is 12.4. The Bertz CT molecular complexity index is 408. The molecule has 108 valence electrons. The first kappa shape index (κ1) is 15.7. The lowest BCUT2D eigenvalue weighted by atomic mass is 10.2. The normalized spacial score (nSPS) is 12.6. The van der Waals surface area contributed by atoms with E-state index in [0.29, 0.717) is 12.4 Å². The SMILES string of the molecule is CCC(COC)Nc1nc(C(C)C)nc(NN)c1C. The van der Waals surface area contributed by atoms with Crippen LogP contribution in [0.15, 0.2) is 0 Å². The van der Waals surface area contributed by atoms with Crippen LogP contribution in [-0.2, 0) is 4.74 Å². The van der Waals surface area contributed by atoms with Gasteiger partial charge in [0.2, 0.25) is 0 Å². The molecule has 1 aromatic heterocycles. The van der Waals surface area contributed by atoms with Crippen molar-refractivity contribution in [1.82, 2.24) is 9.97 Å². The monoisotopic (exact) mass is 267 g/mol. The van der Waals surface area contributed by atoms with Crippen LogP contribution in [0.5, 0.6) is 0 Å². The molecule has 19 heavy (non-hydrogen) atoms. The molecule has 1 atom stereocenters. The highest BCUT2D eigenvalue weighted by Gasteiger charge is 2.15. The molecule has 0 radical (unpaired) electrons. The second-order valence-electron chi connectivity index (χ2n) is 4.91. The van der Waals surface area contributed by atoms with Crippen LogP contribution >= 0.6 is 0 Å². The summed E-state index contributed by atoms with van der Waals surface area (Å²) in [6.07, 6.45) is 0.958. The third-order valence-corrected chi connectivity index (χ3v) is 3.02. The number of anilines is 2. The highest BCUT2D eigenvalue weighted by Crippen LogP contribution is 2.23. The third kappa shape index (κ3) is 4.04. The summed E-state index contributed by atoms with van der Waals surface area (Å²) in [6, 6.07) is 0.226. The van der Waals surface area contributed by atoms with Crippen molar-refractivity contribution in [2.75, 3.05) is 24.5 Å². The Labute approximate surface area is 115 Å². The number of hydrogen-bond donors (Lipinski definition) is 3. The summed E-state index contributed by atoms with van der Waals surface area (Å²) >= 11 is 0. The Hall–Kier alpha value is -1.40. The van der Waals surface area contributed by atoms with E-state index in [2.05, 4.69) is 41.5 Å². The average molecular weight is 267 g/mol. The number of methoxy groups -OCH3 is 1. The van der Waals surface area contributed by atoms with Gasteiger partial charge in [-0.05, 0) is 13.3 Å². The molecule has 0 saturated carbocycles. The van der Waals surface area contributed by atoms with Crippen LogP contribution in [0.4, 0.5) is 11.6 Å². The number of ether oxygens (including phenoxy) is 1. The number of nitrogens with two attached hydrogens (primary N) is 1. The van der Waals surface area contributed by atoms with Gasteiger partial charge in [0.15, 0.2) is 0 Å². The molecular formula is C13H25N5O. The fraction of sp³-hybridized carbons (Fsp3) is 0.692. The summed E-state index contributed by atoms with van der Waals surface area (Å²) in [5.74, 6) is 8.01. The maximum atomic E-state index is 5.52. The van der Waals surface area contributed by atoms with Gasteiger partial charge in [0.25, 0.3) is 0 Å². The van der Waals surface area contributed by atoms with E-state index in [-0.39, 0.29) is 12.0 Å². The van der Waals surface area contributed by atoms with E-state index >= 15 is 0 Å². The number of nitrogens with zero attached hydrogens (tertiary/aromatic N) is 2. The molecule has 1 aromatic rings. The molecule has 0 aromatic carbocycles. The van der Waals surface area contributed by atoms with E-state index in [1.165, 1.54) is 0 Å². The Morgan fingerprint density at radius 2 is 1.89 bits per heavy atom. The van der Waals surface area contributed by atoms with E-state index in [1.54, 1.807) is 7.11 Å². The van der Waals surface area contributed by atoms with Gasteiger partial charge in [-0.15, -0.1) is 0 Å². The maximum Gasteiger partial charge on any atom is 0.148 e. The second kappa shape index (κ2) is 7.25. The van der Waals surface area contributed by atoms with Gasteiger partial charge in [0.1, 0.15) is 17.5 Å². The van der Waals surface area contributed by atoms with Crippen LogP contribution in [0.3, 0.4) is 0 Å². The Morgan fingerprint density at radius 3 is 2.37 bits per heavy atom. The first-order valence-electron chi connectivity index (χ1n) is 6.64. The van der Waals surface area contributed by atoms with Crippen molar-refractivity contribution in [2.24, 2.45) is 5.84 Å². The lowest BCUT2D eigenvalue weighted by Crippen LogP contribution is -2.26. The fourth-order valence-corrected chi connectivity index (χ4v) is 1.73. The van der Waals surface area contributed by atoms with E-state index in [9.17, 15) is 0 Å². The summed E-state index contributed by atoms with van der Waals surface area (Å²) in [5.41, 5.74) is 3.55. The number of nitrogen functional groups attached to an aromatic ring is 1. The number of rotatable bonds is 7. The van der Waals surface area contributed by atoms with Gasteiger partial charge in [0.05, 0.1) is 12.6 Å². The van der Waals surface area contributed by atoms with Crippen LogP contribution < -0.4 is 16.6 Å². The highest BCUT2D eigenvalue weighted by atomic mass is 16.5. The number of nitrogens with one attached hydrogen (secondary N) is 2. The Morgan fingerprint density at radius 1 is 1.26 bits per heavy atom. The molecule has 0 fully saturated rings. The molecular weight excluding hydrogens is 242 g/mol. The van der Waals surface area contributed by atoms with Crippen LogP contribution in [0, 0.1) is 6.92 Å². The van der Waals surface area contributed by atoms with Gasteiger partial charge in [-0.3, -0.25) is 0 Å². The van der Waals surface area contributed by atoms with Crippen LogP contribution in [0.25, 0.3) is 0 Å². The first-order valence-corrected chi connectivity index (χ1v) is 6.64. The molecule has 1 heterocycles. The van der Waals surface area contributed by atoms with Gasteiger partial charge in [-0.2, -0.15) is 0 Å². The quantitative estimate of drug-likeness (QED) is 0.518. The smallest absolute Gasteiger partial charge is 0.148 e. The zero-order chi connectivity index (χ0) is 14.4. The Kier molecular flexibility index (Phi) is 5.98. The predicted octanol–water partition coefficient (Wildman–Crippen LogP) is 2.03. The standard InChI is InChI=1S/C13H25N5O/c1-6-10(7-19-5)15-12-9(4)13(18-14)17-11(16-12)8(2)3/h8,10H,6-7,14H2,1-5H3,(H2,15,16,17,18). The van der Waals surface area contributed by atoms with Crippen LogP contribution in [0.1, 0.15) is 44.5 Å². The van der Waals surface area contributed by atoms with Gasteiger partial charge >= 0.3 is 0 Å². The van der Waals surface area contributed by atoms with Crippen molar-refractivity contribution >= 4 is 11.6 Å². The summed E-state index contributed by atoms with van der Waals surface area (Å²) < 4.78 is 5.19. The lowest BCUT2D eigenvalue weighted by molar-refractivity contribution is 0.184. The third-order valence-electron chi connectivity index (χ3n) is 3.02. The second-order valence-corrected chi connectivity index (χ2v) is 4.91. The molecule has 4 N–H and O–H groups in total. The van der Waals surface area contributed by atoms with Crippen molar-refractivity contribution in [1.29, 1.82) is 0 Å². The maximum absolute atomic E-state index is 5.52. The molecule has 1 rings (SSSR count). The van der Waals surface area contributed by atoms with Crippen LogP contribution in [0.2, 0.25) is 0 Å². The van der Waals surface area contributed by atoms with Crippen molar-refractivity contribution in [3.8, 4) is 0 Å². The van der Waals surface area contributed by atoms with Crippen molar-refractivity contribution in [3.05, 3.63) is 11.4 Å². The number of hydrazine groups is 1. The van der Waals surface area contributed by atoms with E-state index in [4.69, 9.17) is 10.6 Å². The summed E-state index contributed by atoms with van der Waals surface area (Å²) in [4.78, 5) is 8.99. The van der Waals surface area contributed by atoms with Gasteiger partial charge in [-0.1, -0.05) is 20.8 Å². The fourth-order valence-electron chi connectivity index (χ4n) is 1.73. The van der Waals surface area contributed by atoms with Gasteiger partial charge in [-0.25, -0.2) is 15.8 Å². The van der Waals surface area contributed by atoms with Crippen LogP contribution in [-0.4, -0.2) is 29.7 Å². The summed E-state index contributed by atoms with van der Waals surface area (Å²) in [7, 11) is 1.70. The average Bonchev–Trinajstić information content (AvgIpc) is 2.39. The summed E-state index contributed by atoms with van der Waals surface area (Å²) in [5, 5.41) is 3.40. The largest absolute Gasteiger partial charge is 0.383 e. The van der Waals surface area contributed by atoms with E-state index in [0.717, 1.165) is 23.6 Å². The van der Waals surface area contributed by atoms with E-state index < -0.39 is 0 Å². The predicted molar refractivity (Wildman–Crippen MR) is 78.2 cm³/mol. The summed E-state index contributed by atoms with van der Waals surface area (Å²) in [6.45, 7) is 8.81. The van der Waals surface area contributed by atoms with Gasteiger partial charge in [0, 0.05) is 18.6 Å². The minimum atomic E-state index is 0.226. The molecule has 0 amide bonds. The van der Waals surface area contributed by atoms with Gasteiger partial charge < -0.3 is 15.5 Å². The van der Waals surface area contributed by atoms with E-state index in [1.807, 2.05) is 6.92 Å². The molecule has 6 heteroatoms. The Balaban J connectivity index is 3.07. The molecule has 0 aliphatic carbocycles. The molecule has 0 saturated heterocycles. The minimum Gasteiger partial charge on any atom is -0.383 e. The molecule has 1 unspecified atom stereocenters. The molecule has 0 aliphatic rings. The topological polar surface area (TPSA) is 85.1 Å². The first-order chi connectivity index (χ1) is 9.03. The molecule has 6 nitrogen and oxygen atoms in total. The zero-order valence-corrected chi connectivity index (χ0v) is 12.4.